The maximum Gasteiger partial charge on any atom is 0.387 e. The largest absolute Gasteiger partial charge is 0.429 e. The van der Waals surface area contributed by atoms with Crippen molar-refractivity contribution in [2.45, 2.75) is 103 Å². The van der Waals surface area contributed by atoms with Gasteiger partial charge in [0.25, 0.3) is 0 Å². The summed E-state index contributed by atoms with van der Waals surface area (Å²) in [6, 6.07) is 1.42. The fraction of sp³-hybridized carbons (Fsp3) is 0.759. The first kappa shape index (κ1) is 27.3. The van der Waals surface area contributed by atoms with Crippen molar-refractivity contribution < 1.29 is 31.8 Å². The lowest BCUT2D eigenvalue weighted by atomic mass is 9.60. The van der Waals surface area contributed by atoms with Crippen molar-refractivity contribution >= 4 is 5.97 Å². The Morgan fingerprint density at radius 3 is 2.08 bits per heavy atom. The SMILES string of the molecule is CCCCCC1CCC2CC(C3CCC(C(=O)Oc4cc(F)c(OC(F)F)c(F)c4)CC3)CCC2C1. The molecule has 0 N–H and O–H groups in total. The molecule has 4 unspecified atom stereocenters. The third kappa shape index (κ3) is 6.95. The summed E-state index contributed by atoms with van der Waals surface area (Å²) in [6.07, 6.45) is 17.0. The Kier molecular flexibility index (Phi) is 9.57. The van der Waals surface area contributed by atoms with E-state index in [0.29, 0.717) is 30.9 Å². The van der Waals surface area contributed by atoms with E-state index >= 15 is 0 Å². The number of hydrogen-bond donors (Lipinski definition) is 0. The van der Waals surface area contributed by atoms with Gasteiger partial charge in [-0.1, -0.05) is 39.0 Å². The molecule has 3 aliphatic carbocycles. The molecule has 7 heteroatoms. The number of esters is 1. The summed E-state index contributed by atoms with van der Waals surface area (Å²) in [4.78, 5) is 12.6. The van der Waals surface area contributed by atoms with Crippen LogP contribution in [0.2, 0.25) is 0 Å². The molecule has 0 radical (unpaired) electrons. The van der Waals surface area contributed by atoms with Crippen molar-refractivity contribution in [2.75, 3.05) is 0 Å². The van der Waals surface area contributed by atoms with Crippen LogP contribution in [-0.2, 0) is 4.79 Å². The number of halogens is 4. The van der Waals surface area contributed by atoms with E-state index < -0.39 is 30.0 Å². The second kappa shape index (κ2) is 12.6. The van der Waals surface area contributed by atoms with E-state index in [1.54, 1.807) is 0 Å². The molecule has 202 valence electrons. The Morgan fingerprint density at radius 2 is 1.44 bits per heavy atom. The van der Waals surface area contributed by atoms with E-state index in [-0.39, 0.29) is 11.7 Å². The van der Waals surface area contributed by atoms with Crippen LogP contribution in [0.5, 0.6) is 11.5 Å². The molecule has 1 aromatic rings. The Balaban J connectivity index is 1.22. The Labute approximate surface area is 212 Å². The zero-order chi connectivity index (χ0) is 25.7. The molecule has 0 aliphatic heterocycles. The van der Waals surface area contributed by atoms with E-state index in [1.807, 2.05) is 0 Å². The first-order chi connectivity index (χ1) is 17.3. The minimum absolute atomic E-state index is 0.306. The third-order valence-corrected chi connectivity index (χ3v) is 9.15. The van der Waals surface area contributed by atoms with Gasteiger partial charge < -0.3 is 9.47 Å². The minimum atomic E-state index is -3.35. The summed E-state index contributed by atoms with van der Waals surface area (Å²) in [5.74, 6) is -0.887. The number of hydrogen-bond acceptors (Lipinski definition) is 3. The van der Waals surface area contributed by atoms with E-state index in [2.05, 4.69) is 11.7 Å². The van der Waals surface area contributed by atoms with Crippen LogP contribution < -0.4 is 9.47 Å². The number of carbonyl (C=O) groups excluding carboxylic acids is 1. The Bertz CT molecular complexity index is 845. The molecule has 4 rings (SSSR count). The minimum Gasteiger partial charge on any atom is -0.429 e. The van der Waals surface area contributed by atoms with Gasteiger partial charge >= 0.3 is 12.6 Å². The second-order valence-electron chi connectivity index (χ2n) is 11.4. The van der Waals surface area contributed by atoms with Gasteiger partial charge in [-0.25, -0.2) is 8.78 Å². The predicted octanol–water partition coefficient (Wildman–Crippen LogP) is 8.69. The van der Waals surface area contributed by atoms with Crippen LogP contribution in [-0.4, -0.2) is 12.6 Å². The molecule has 3 nitrogen and oxygen atoms in total. The van der Waals surface area contributed by atoms with Crippen LogP contribution in [0.25, 0.3) is 0 Å². The molecule has 0 heterocycles. The standard InChI is InChI=1S/C29H40F4O3/c1-2-3-4-5-18-6-7-23-15-22(13-12-21(23)14-18)19-8-10-20(11-9-19)28(34)35-24-16-25(30)27(26(31)17-24)36-29(32)33/h16-23,29H,2-15H2,1H3. The van der Waals surface area contributed by atoms with Crippen molar-refractivity contribution in [3.8, 4) is 11.5 Å². The average Bonchev–Trinajstić information content (AvgIpc) is 2.86. The quantitative estimate of drug-likeness (QED) is 0.144. The molecule has 0 amide bonds. The van der Waals surface area contributed by atoms with E-state index in [9.17, 15) is 22.4 Å². The summed E-state index contributed by atoms with van der Waals surface area (Å²) < 4.78 is 61.6. The Hall–Kier alpha value is -1.79. The maximum atomic E-state index is 13.9. The highest BCUT2D eigenvalue weighted by molar-refractivity contribution is 5.75. The van der Waals surface area contributed by atoms with Gasteiger partial charge in [0, 0.05) is 12.1 Å². The predicted molar refractivity (Wildman–Crippen MR) is 130 cm³/mol. The Morgan fingerprint density at radius 1 is 0.861 bits per heavy atom. The lowest BCUT2D eigenvalue weighted by Crippen LogP contribution is -2.35. The van der Waals surface area contributed by atoms with Crippen molar-refractivity contribution in [1.82, 2.24) is 0 Å². The molecule has 36 heavy (non-hydrogen) atoms. The maximum absolute atomic E-state index is 13.9. The monoisotopic (exact) mass is 512 g/mol. The lowest BCUT2D eigenvalue weighted by Gasteiger charge is -2.45. The lowest BCUT2D eigenvalue weighted by molar-refractivity contribution is -0.140. The van der Waals surface area contributed by atoms with Gasteiger partial charge in [0.2, 0.25) is 0 Å². The van der Waals surface area contributed by atoms with Crippen molar-refractivity contribution in [3.63, 3.8) is 0 Å². The van der Waals surface area contributed by atoms with Gasteiger partial charge in [-0.3, -0.25) is 4.79 Å². The summed E-state index contributed by atoms with van der Waals surface area (Å²) >= 11 is 0. The van der Waals surface area contributed by atoms with Gasteiger partial charge in [0.1, 0.15) is 5.75 Å². The highest BCUT2D eigenvalue weighted by Crippen LogP contribution is 2.49. The highest BCUT2D eigenvalue weighted by Gasteiger charge is 2.39. The van der Waals surface area contributed by atoms with E-state index in [0.717, 1.165) is 36.5 Å². The fourth-order valence-electron chi connectivity index (χ4n) is 7.22. The fourth-order valence-corrected chi connectivity index (χ4v) is 7.22. The van der Waals surface area contributed by atoms with Crippen LogP contribution >= 0.6 is 0 Å². The van der Waals surface area contributed by atoms with Crippen LogP contribution in [0.15, 0.2) is 12.1 Å². The van der Waals surface area contributed by atoms with Gasteiger partial charge in [-0.15, -0.1) is 0 Å². The number of fused-ring (bicyclic) bond motifs is 1. The van der Waals surface area contributed by atoms with Crippen molar-refractivity contribution in [1.29, 1.82) is 0 Å². The van der Waals surface area contributed by atoms with Crippen molar-refractivity contribution in [3.05, 3.63) is 23.8 Å². The summed E-state index contributed by atoms with van der Waals surface area (Å²) in [6.45, 7) is -1.08. The van der Waals surface area contributed by atoms with Crippen LogP contribution in [0, 0.1) is 47.1 Å². The van der Waals surface area contributed by atoms with E-state index in [1.165, 1.54) is 64.2 Å². The first-order valence-electron chi connectivity index (χ1n) is 14.0. The van der Waals surface area contributed by atoms with Gasteiger partial charge in [-0.2, -0.15) is 8.78 Å². The third-order valence-electron chi connectivity index (χ3n) is 9.15. The zero-order valence-electron chi connectivity index (χ0n) is 21.3. The molecule has 0 spiro atoms. The van der Waals surface area contributed by atoms with Gasteiger partial charge in [0.15, 0.2) is 17.4 Å². The molecule has 0 saturated heterocycles. The summed E-state index contributed by atoms with van der Waals surface area (Å²) in [5, 5.41) is 0. The topological polar surface area (TPSA) is 35.5 Å². The molecule has 1 aromatic carbocycles. The van der Waals surface area contributed by atoms with Gasteiger partial charge in [-0.05, 0) is 87.4 Å². The van der Waals surface area contributed by atoms with Crippen LogP contribution in [0.1, 0.15) is 96.8 Å². The number of unbranched alkanes of at least 4 members (excludes halogenated alkanes) is 2. The molecule has 3 fully saturated rings. The first-order valence-corrected chi connectivity index (χ1v) is 14.0. The number of carbonyl (C=O) groups is 1. The second-order valence-corrected chi connectivity index (χ2v) is 11.4. The molecule has 0 aromatic heterocycles. The van der Waals surface area contributed by atoms with Crippen LogP contribution in [0.4, 0.5) is 17.6 Å². The van der Waals surface area contributed by atoms with Crippen LogP contribution in [0.3, 0.4) is 0 Å². The summed E-state index contributed by atoms with van der Waals surface area (Å²) in [7, 11) is 0. The molecule has 4 atom stereocenters. The van der Waals surface area contributed by atoms with Crippen molar-refractivity contribution in [2.24, 2.45) is 35.5 Å². The molecular weight excluding hydrogens is 472 g/mol. The number of benzene rings is 1. The van der Waals surface area contributed by atoms with Gasteiger partial charge in [0.05, 0.1) is 5.92 Å². The molecule has 3 saturated carbocycles. The smallest absolute Gasteiger partial charge is 0.387 e. The number of ether oxygens (including phenoxy) is 2. The molecule has 0 bridgehead atoms. The number of rotatable bonds is 9. The zero-order valence-corrected chi connectivity index (χ0v) is 21.3. The average molecular weight is 513 g/mol. The summed E-state index contributed by atoms with van der Waals surface area (Å²) in [5.41, 5.74) is 0. The van der Waals surface area contributed by atoms with E-state index in [4.69, 9.17) is 4.74 Å². The number of alkyl halides is 2. The molecule has 3 aliphatic rings. The normalized spacial score (nSPS) is 30.6. The molecular formula is C29H40F4O3. The highest BCUT2D eigenvalue weighted by atomic mass is 19.3.